The Bertz CT molecular complexity index is 840. The number of likely N-dealkylation sites (tertiary alicyclic amines) is 1. The Morgan fingerprint density at radius 3 is 2.67 bits per heavy atom. The molecule has 3 heterocycles. The van der Waals surface area contributed by atoms with Gasteiger partial charge in [0.2, 0.25) is 0 Å². The molecule has 162 valence electrons. The molecule has 2 fully saturated rings. The fraction of sp³-hybridized carbons (Fsp3) is 0.565. The molecule has 30 heavy (non-hydrogen) atoms. The topological polar surface area (TPSA) is 57.9 Å². The lowest BCUT2D eigenvalue weighted by Crippen LogP contribution is -2.49. The molecule has 0 saturated carbocycles. The number of morpholine rings is 1. The van der Waals surface area contributed by atoms with E-state index in [4.69, 9.17) is 4.74 Å². The summed E-state index contributed by atoms with van der Waals surface area (Å²) in [7, 11) is 3.81. The molecule has 7 heteroatoms. The molecule has 0 bridgehead atoms. The third-order valence-electron chi connectivity index (χ3n) is 6.17. The second-order valence-electron chi connectivity index (χ2n) is 8.35. The van der Waals surface area contributed by atoms with E-state index in [2.05, 4.69) is 56.4 Å². The van der Waals surface area contributed by atoms with Crippen LogP contribution in [-0.2, 0) is 11.8 Å². The van der Waals surface area contributed by atoms with Crippen molar-refractivity contribution >= 4 is 5.96 Å². The van der Waals surface area contributed by atoms with E-state index in [1.807, 2.05) is 31.2 Å². The van der Waals surface area contributed by atoms with E-state index in [9.17, 15) is 0 Å². The SMILES string of the molecule is CN=C(NCC(c1ccc(C)cc1)N1CCCC1)N1CCOC(c2cnn(C)c2)C1. The predicted molar refractivity (Wildman–Crippen MR) is 120 cm³/mol. The standard InChI is InChI=1S/C23H34N6O/c1-18-6-8-19(9-7-18)21(28-10-4-5-11-28)15-25-23(24-2)29-12-13-30-22(17-29)20-14-26-27(3)16-20/h6-9,14,16,21-22H,4-5,10-13,15,17H2,1-3H3,(H,24,25). The smallest absolute Gasteiger partial charge is 0.193 e. The largest absolute Gasteiger partial charge is 0.370 e. The number of benzene rings is 1. The summed E-state index contributed by atoms with van der Waals surface area (Å²) in [5.41, 5.74) is 3.80. The number of aromatic nitrogens is 2. The molecule has 2 saturated heterocycles. The van der Waals surface area contributed by atoms with Crippen LogP contribution < -0.4 is 5.32 Å². The van der Waals surface area contributed by atoms with Crippen molar-refractivity contribution in [2.75, 3.05) is 46.4 Å². The number of hydrogen-bond donors (Lipinski definition) is 1. The minimum absolute atomic E-state index is 0.0254. The van der Waals surface area contributed by atoms with Gasteiger partial charge >= 0.3 is 0 Å². The molecule has 2 aliphatic heterocycles. The summed E-state index contributed by atoms with van der Waals surface area (Å²) in [6.07, 6.45) is 6.52. The summed E-state index contributed by atoms with van der Waals surface area (Å²) < 4.78 is 7.83. The fourth-order valence-corrected chi connectivity index (χ4v) is 4.47. The monoisotopic (exact) mass is 410 g/mol. The van der Waals surface area contributed by atoms with E-state index in [0.717, 1.165) is 31.2 Å². The van der Waals surface area contributed by atoms with Gasteiger partial charge in [-0.25, -0.2) is 0 Å². The van der Waals surface area contributed by atoms with Gasteiger partial charge in [0.15, 0.2) is 5.96 Å². The highest BCUT2D eigenvalue weighted by Crippen LogP contribution is 2.26. The van der Waals surface area contributed by atoms with E-state index in [1.165, 1.54) is 37.1 Å². The van der Waals surface area contributed by atoms with Crippen LogP contribution in [0.15, 0.2) is 41.7 Å². The molecule has 2 unspecified atom stereocenters. The van der Waals surface area contributed by atoms with Crippen LogP contribution in [0.25, 0.3) is 0 Å². The van der Waals surface area contributed by atoms with E-state index < -0.39 is 0 Å². The number of nitrogens with zero attached hydrogens (tertiary/aromatic N) is 5. The van der Waals surface area contributed by atoms with Crippen LogP contribution in [-0.4, -0.2) is 71.9 Å². The molecule has 0 spiro atoms. The van der Waals surface area contributed by atoms with Gasteiger partial charge in [0.1, 0.15) is 6.10 Å². The Morgan fingerprint density at radius 1 is 1.23 bits per heavy atom. The fourth-order valence-electron chi connectivity index (χ4n) is 4.47. The van der Waals surface area contributed by atoms with Crippen LogP contribution in [0, 0.1) is 6.92 Å². The van der Waals surface area contributed by atoms with Crippen molar-refractivity contribution in [3.05, 3.63) is 53.3 Å². The third kappa shape index (κ3) is 4.84. The number of aliphatic imine (C=N–C) groups is 1. The molecular formula is C23H34N6O. The Morgan fingerprint density at radius 2 is 2.00 bits per heavy atom. The molecule has 0 radical (unpaired) electrons. The molecular weight excluding hydrogens is 376 g/mol. The highest BCUT2D eigenvalue weighted by atomic mass is 16.5. The average Bonchev–Trinajstić information content (AvgIpc) is 3.44. The van der Waals surface area contributed by atoms with Crippen LogP contribution in [0.3, 0.4) is 0 Å². The third-order valence-corrected chi connectivity index (χ3v) is 6.17. The molecule has 1 aromatic carbocycles. The van der Waals surface area contributed by atoms with Crippen molar-refractivity contribution in [1.82, 2.24) is 24.9 Å². The number of rotatable bonds is 5. The molecule has 1 N–H and O–H groups in total. The average molecular weight is 411 g/mol. The quantitative estimate of drug-likeness (QED) is 0.606. The minimum Gasteiger partial charge on any atom is -0.370 e. The maximum Gasteiger partial charge on any atom is 0.193 e. The van der Waals surface area contributed by atoms with Crippen LogP contribution in [0.1, 0.15) is 41.7 Å². The highest BCUT2D eigenvalue weighted by molar-refractivity contribution is 5.80. The lowest BCUT2D eigenvalue weighted by atomic mass is 10.0. The first-order valence-corrected chi connectivity index (χ1v) is 11.0. The van der Waals surface area contributed by atoms with Crippen molar-refractivity contribution in [3.8, 4) is 0 Å². The van der Waals surface area contributed by atoms with Gasteiger partial charge in [0, 0.05) is 38.9 Å². The van der Waals surface area contributed by atoms with E-state index in [0.29, 0.717) is 12.6 Å². The van der Waals surface area contributed by atoms with E-state index in [-0.39, 0.29) is 6.10 Å². The Labute approximate surface area is 179 Å². The van der Waals surface area contributed by atoms with Gasteiger partial charge in [-0.3, -0.25) is 14.6 Å². The van der Waals surface area contributed by atoms with Gasteiger partial charge in [-0.2, -0.15) is 5.10 Å². The summed E-state index contributed by atoms with van der Waals surface area (Å²) in [6, 6.07) is 9.34. The molecule has 7 nitrogen and oxygen atoms in total. The summed E-state index contributed by atoms with van der Waals surface area (Å²) in [4.78, 5) is 9.49. The molecule has 2 aliphatic rings. The second-order valence-corrected chi connectivity index (χ2v) is 8.35. The van der Waals surface area contributed by atoms with Gasteiger partial charge < -0.3 is 15.0 Å². The van der Waals surface area contributed by atoms with Gasteiger partial charge in [0.05, 0.1) is 25.4 Å². The van der Waals surface area contributed by atoms with E-state index in [1.54, 1.807) is 0 Å². The first kappa shape index (κ1) is 20.9. The summed E-state index contributed by atoms with van der Waals surface area (Å²) >= 11 is 0. The lowest BCUT2D eigenvalue weighted by molar-refractivity contribution is -0.00812. The number of nitrogens with one attached hydrogen (secondary N) is 1. The van der Waals surface area contributed by atoms with Gasteiger partial charge in [-0.05, 0) is 38.4 Å². The van der Waals surface area contributed by atoms with Gasteiger partial charge in [-0.1, -0.05) is 29.8 Å². The van der Waals surface area contributed by atoms with Gasteiger partial charge in [-0.15, -0.1) is 0 Å². The maximum atomic E-state index is 6.00. The van der Waals surface area contributed by atoms with Crippen LogP contribution in [0.4, 0.5) is 0 Å². The lowest BCUT2D eigenvalue weighted by Gasteiger charge is -2.36. The molecule has 2 aromatic rings. The number of ether oxygens (including phenoxy) is 1. The summed E-state index contributed by atoms with van der Waals surface area (Å²) in [5, 5.41) is 7.96. The zero-order valence-corrected chi connectivity index (χ0v) is 18.4. The van der Waals surface area contributed by atoms with Crippen molar-refractivity contribution < 1.29 is 4.74 Å². The summed E-state index contributed by atoms with van der Waals surface area (Å²) in [6.45, 7) is 7.64. The van der Waals surface area contributed by atoms with Gasteiger partial charge in [0.25, 0.3) is 0 Å². The normalized spacial score (nSPS) is 21.8. The highest BCUT2D eigenvalue weighted by Gasteiger charge is 2.27. The summed E-state index contributed by atoms with van der Waals surface area (Å²) in [5.74, 6) is 0.948. The number of guanidine groups is 1. The zero-order chi connectivity index (χ0) is 20.9. The Kier molecular flexibility index (Phi) is 6.69. The molecule has 4 rings (SSSR count). The minimum atomic E-state index is 0.0254. The van der Waals surface area contributed by atoms with Crippen molar-refractivity contribution in [3.63, 3.8) is 0 Å². The number of aryl methyl sites for hydroxylation is 2. The Hall–Kier alpha value is -2.38. The zero-order valence-electron chi connectivity index (χ0n) is 18.4. The van der Waals surface area contributed by atoms with Crippen molar-refractivity contribution in [2.24, 2.45) is 12.0 Å². The first-order chi connectivity index (χ1) is 14.6. The van der Waals surface area contributed by atoms with Crippen molar-refractivity contribution in [1.29, 1.82) is 0 Å². The Balaban J connectivity index is 1.43. The van der Waals surface area contributed by atoms with Crippen LogP contribution in [0.5, 0.6) is 0 Å². The molecule has 1 aromatic heterocycles. The predicted octanol–water partition coefficient (Wildman–Crippen LogP) is 2.51. The number of hydrogen-bond acceptors (Lipinski definition) is 4. The van der Waals surface area contributed by atoms with Crippen molar-refractivity contribution in [2.45, 2.75) is 31.9 Å². The molecule has 0 amide bonds. The van der Waals surface area contributed by atoms with Crippen LogP contribution >= 0.6 is 0 Å². The first-order valence-electron chi connectivity index (χ1n) is 11.0. The molecule has 2 atom stereocenters. The second kappa shape index (κ2) is 9.62. The van der Waals surface area contributed by atoms with Crippen LogP contribution in [0.2, 0.25) is 0 Å². The molecule has 0 aliphatic carbocycles. The van der Waals surface area contributed by atoms with E-state index >= 15 is 0 Å². The maximum absolute atomic E-state index is 6.00.